The van der Waals surface area contributed by atoms with E-state index < -0.39 is 59.5 Å². The van der Waals surface area contributed by atoms with E-state index in [9.17, 15) is 28.8 Å². The minimum absolute atomic E-state index is 0.130. The number of esters is 2. The lowest BCUT2D eigenvalue weighted by Crippen LogP contribution is -2.53. The van der Waals surface area contributed by atoms with E-state index in [2.05, 4.69) is 21.3 Å². The van der Waals surface area contributed by atoms with Gasteiger partial charge in [-0.25, -0.2) is 19.2 Å². The molecular weight excluding hydrogens is 845 g/mol. The zero-order chi connectivity index (χ0) is 49.2. The van der Waals surface area contributed by atoms with Crippen LogP contribution in [-0.2, 0) is 51.0 Å². The highest BCUT2D eigenvalue weighted by Gasteiger charge is 2.40. The Morgan fingerprint density at radius 2 is 0.939 bits per heavy atom. The van der Waals surface area contributed by atoms with E-state index in [1.54, 1.807) is 9.80 Å². The monoisotopic (exact) mass is 923 g/mol. The van der Waals surface area contributed by atoms with E-state index in [-0.39, 0.29) is 35.7 Å². The average Bonchev–Trinajstić information content (AvgIpc) is 3.49. The minimum Gasteiger partial charge on any atom is -0.467 e. The third kappa shape index (κ3) is 19.3. The third-order valence-electron chi connectivity index (χ3n) is 10.9. The molecule has 2 aromatic rings. The summed E-state index contributed by atoms with van der Waals surface area (Å²) in [6.07, 6.45) is 2.18. The Kier molecular flexibility index (Phi) is 21.9. The van der Waals surface area contributed by atoms with Gasteiger partial charge < -0.3 is 50.0 Å². The van der Waals surface area contributed by atoms with E-state index in [4.69, 9.17) is 18.9 Å². The van der Waals surface area contributed by atoms with Crippen LogP contribution in [0.25, 0.3) is 0 Å². The first kappa shape index (κ1) is 55.1. The van der Waals surface area contributed by atoms with Gasteiger partial charge in [0.2, 0.25) is 11.8 Å². The molecule has 2 aliphatic heterocycles. The average molecular weight is 923 g/mol. The van der Waals surface area contributed by atoms with Crippen LogP contribution in [-0.4, -0.2) is 134 Å². The third-order valence-corrected chi connectivity index (χ3v) is 10.9. The molecule has 2 saturated heterocycles. The first-order valence-corrected chi connectivity index (χ1v) is 23.3. The second-order valence-electron chi connectivity index (χ2n) is 20.0. The molecule has 2 aliphatic rings. The number of hydrogen-bond acceptors (Lipinski definition) is 12. The number of methoxy groups -OCH3 is 2. The molecular formula is C50H78N6O10. The number of nitrogens with one attached hydrogen (secondary N) is 4. The van der Waals surface area contributed by atoms with E-state index in [0.717, 1.165) is 11.1 Å². The van der Waals surface area contributed by atoms with E-state index >= 15 is 0 Å². The van der Waals surface area contributed by atoms with Gasteiger partial charge in [0.1, 0.15) is 23.3 Å². The van der Waals surface area contributed by atoms with Crippen LogP contribution in [0.3, 0.4) is 0 Å². The Bertz CT molecular complexity index is 1720. The topological polar surface area (TPSA) is 194 Å². The van der Waals surface area contributed by atoms with Crippen molar-refractivity contribution in [3.63, 3.8) is 0 Å². The van der Waals surface area contributed by atoms with Gasteiger partial charge in [-0.05, 0) is 103 Å². The summed E-state index contributed by atoms with van der Waals surface area (Å²) in [5.74, 6) is -0.628. The van der Waals surface area contributed by atoms with E-state index in [1.165, 1.54) is 14.2 Å². The SMILES string of the molecule is COC(=O)[C@H](CC(C)C)N1CCC(CNC(=O)OC(C)(C)C)NC(Cc2ccccc2)C1=O.COC(=O)[C@H](CC(C)C)N1CC[C@@H](CNC(=O)OC(C)(C)C)N[C@@H](Cc2ccccc2)C1=O. The van der Waals surface area contributed by atoms with Gasteiger partial charge >= 0.3 is 24.1 Å². The van der Waals surface area contributed by atoms with Gasteiger partial charge in [-0.15, -0.1) is 0 Å². The number of ether oxygens (including phenoxy) is 4. The number of rotatable bonds is 16. The number of benzene rings is 2. The van der Waals surface area contributed by atoms with Crippen molar-refractivity contribution in [2.45, 2.75) is 155 Å². The first-order chi connectivity index (χ1) is 31.0. The van der Waals surface area contributed by atoms with Crippen molar-refractivity contribution in [3.8, 4) is 0 Å². The van der Waals surface area contributed by atoms with Crippen LogP contribution in [0, 0.1) is 11.8 Å². The molecule has 0 bridgehead atoms. The lowest BCUT2D eigenvalue weighted by Gasteiger charge is -2.31. The van der Waals surface area contributed by atoms with E-state index in [0.29, 0.717) is 64.7 Å². The molecule has 0 aliphatic carbocycles. The summed E-state index contributed by atoms with van der Waals surface area (Å²) < 4.78 is 20.7. The summed E-state index contributed by atoms with van der Waals surface area (Å²) in [4.78, 5) is 80.0. The molecule has 0 aromatic heterocycles. The molecule has 16 nitrogen and oxygen atoms in total. The van der Waals surface area contributed by atoms with Crippen LogP contribution in [0.15, 0.2) is 60.7 Å². The largest absolute Gasteiger partial charge is 0.467 e. The Labute approximate surface area is 392 Å². The minimum atomic E-state index is -0.639. The summed E-state index contributed by atoms with van der Waals surface area (Å²) in [6, 6.07) is 16.9. The van der Waals surface area contributed by atoms with Crippen molar-refractivity contribution in [1.82, 2.24) is 31.1 Å². The summed E-state index contributed by atoms with van der Waals surface area (Å²) in [5, 5.41) is 12.4. The maximum Gasteiger partial charge on any atom is 0.407 e. The molecule has 4 amide bonds. The predicted molar refractivity (Wildman–Crippen MR) is 253 cm³/mol. The maximum absolute atomic E-state index is 13.6. The second kappa shape index (κ2) is 26.2. The van der Waals surface area contributed by atoms with Crippen LogP contribution >= 0.6 is 0 Å². The first-order valence-electron chi connectivity index (χ1n) is 23.3. The molecule has 0 saturated carbocycles. The van der Waals surface area contributed by atoms with Gasteiger partial charge in [0.15, 0.2) is 0 Å². The van der Waals surface area contributed by atoms with Crippen molar-refractivity contribution in [1.29, 1.82) is 0 Å². The van der Waals surface area contributed by atoms with Crippen molar-refractivity contribution in [2.24, 2.45) is 11.8 Å². The van der Waals surface area contributed by atoms with Crippen LogP contribution in [0.4, 0.5) is 9.59 Å². The number of nitrogens with zero attached hydrogens (tertiary/aromatic N) is 2. The molecule has 2 aromatic carbocycles. The van der Waals surface area contributed by atoms with Crippen LogP contribution < -0.4 is 21.3 Å². The fourth-order valence-electron chi connectivity index (χ4n) is 7.93. The standard InChI is InChI=1S/2C25H39N3O5/c2*1-17(2)14-21(23(30)32-6)28-13-12-19(16-26-24(31)33-25(3,4)5)27-20(22(28)29)15-18-10-8-7-9-11-18/h2*7-11,17,19-21,27H,12-16H2,1-6H3,(H,26,31)/t19?,20?,21-;19-,20-,21-/m00/s1. The number of alkyl carbamates (subject to hydrolysis) is 2. The smallest absolute Gasteiger partial charge is 0.407 e. The quantitative estimate of drug-likeness (QED) is 0.117. The van der Waals surface area contributed by atoms with E-state index in [1.807, 2.05) is 130 Å². The fourth-order valence-corrected chi connectivity index (χ4v) is 7.93. The van der Waals surface area contributed by atoms with Crippen LogP contribution in [0.1, 0.15) is 106 Å². The number of amides is 4. The highest BCUT2D eigenvalue weighted by Crippen LogP contribution is 2.22. The van der Waals surface area contributed by atoms with Gasteiger partial charge in [0, 0.05) is 38.3 Å². The molecule has 66 heavy (non-hydrogen) atoms. The van der Waals surface area contributed by atoms with Crippen molar-refractivity contribution in [2.75, 3.05) is 40.4 Å². The van der Waals surface area contributed by atoms with Gasteiger partial charge in [0.25, 0.3) is 0 Å². The van der Waals surface area contributed by atoms with Crippen LogP contribution in [0.2, 0.25) is 0 Å². The Hall–Kier alpha value is -5.22. The maximum atomic E-state index is 13.6. The molecule has 4 N–H and O–H groups in total. The van der Waals surface area contributed by atoms with Crippen molar-refractivity contribution >= 4 is 35.9 Å². The van der Waals surface area contributed by atoms with Gasteiger partial charge in [-0.2, -0.15) is 0 Å². The van der Waals surface area contributed by atoms with Crippen molar-refractivity contribution < 1.29 is 47.7 Å². The van der Waals surface area contributed by atoms with Gasteiger partial charge in [0.05, 0.1) is 26.3 Å². The molecule has 16 heteroatoms. The lowest BCUT2D eigenvalue weighted by molar-refractivity contribution is -0.154. The molecule has 2 heterocycles. The highest BCUT2D eigenvalue weighted by atomic mass is 16.6. The van der Waals surface area contributed by atoms with Gasteiger partial charge in [-0.3, -0.25) is 9.59 Å². The molecule has 2 unspecified atom stereocenters. The summed E-state index contributed by atoms with van der Waals surface area (Å²) in [7, 11) is 2.70. The molecule has 6 atom stereocenters. The summed E-state index contributed by atoms with van der Waals surface area (Å²) in [6.45, 7) is 20.4. The Balaban J connectivity index is 0.000000350. The lowest BCUT2D eigenvalue weighted by atomic mass is 10.00. The van der Waals surface area contributed by atoms with Crippen LogP contribution in [0.5, 0.6) is 0 Å². The number of hydrogen-bond donors (Lipinski definition) is 4. The zero-order valence-corrected chi connectivity index (χ0v) is 41.4. The Morgan fingerprint density at radius 3 is 1.23 bits per heavy atom. The fraction of sp³-hybridized carbons (Fsp3) is 0.640. The number of carbonyl (C=O) groups is 6. The molecule has 0 radical (unpaired) electrons. The van der Waals surface area contributed by atoms with Gasteiger partial charge in [-0.1, -0.05) is 88.4 Å². The second-order valence-corrected chi connectivity index (χ2v) is 20.0. The number of carbonyl (C=O) groups excluding carboxylic acids is 6. The summed E-state index contributed by atoms with van der Waals surface area (Å²) in [5.41, 5.74) is 0.854. The van der Waals surface area contributed by atoms with Crippen molar-refractivity contribution in [3.05, 3.63) is 71.8 Å². The molecule has 4 rings (SSSR count). The predicted octanol–water partition coefficient (Wildman–Crippen LogP) is 5.80. The molecule has 368 valence electrons. The normalized spacial score (nSPS) is 20.2. The Morgan fingerprint density at radius 1 is 0.606 bits per heavy atom. The summed E-state index contributed by atoms with van der Waals surface area (Å²) >= 11 is 0. The highest BCUT2D eigenvalue weighted by molar-refractivity contribution is 5.89. The molecule has 2 fully saturated rings. The molecule has 0 spiro atoms. The zero-order valence-electron chi connectivity index (χ0n) is 41.4.